The number of rotatable bonds is 6. The van der Waals surface area contributed by atoms with Crippen molar-refractivity contribution in [1.29, 1.82) is 0 Å². The average Bonchev–Trinajstić information content (AvgIpc) is 3.38. The minimum atomic E-state index is -0.201. The van der Waals surface area contributed by atoms with Crippen LogP contribution >= 0.6 is 11.6 Å². The highest BCUT2D eigenvalue weighted by atomic mass is 35.5. The zero-order valence-corrected chi connectivity index (χ0v) is 21.5. The summed E-state index contributed by atoms with van der Waals surface area (Å²) in [6.07, 6.45) is 1.98. The fraction of sp³-hybridized carbons (Fsp3) is 0.214. The quantitative estimate of drug-likeness (QED) is 0.302. The van der Waals surface area contributed by atoms with Crippen LogP contribution < -0.4 is 5.32 Å². The predicted octanol–water partition coefficient (Wildman–Crippen LogP) is 6.19. The molecule has 5 rings (SSSR count). The van der Waals surface area contributed by atoms with Gasteiger partial charge in [0.15, 0.2) is 0 Å². The molecule has 0 aliphatic rings. The van der Waals surface area contributed by atoms with Gasteiger partial charge in [0, 0.05) is 28.7 Å². The van der Waals surface area contributed by atoms with Crippen LogP contribution in [-0.4, -0.2) is 30.5 Å². The molecule has 0 bridgehead atoms. The van der Waals surface area contributed by atoms with Crippen LogP contribution in [0.3, 0.4) is 0 Å². The molecule has 3 aromatic heterocycles. The molecule has 7 nitrogen and oxygen atoms in total. The van der Waals surface area contributed by atoms with E-state index in [0.717, 1.165) is 51.4 Å². The highest BCUT2D eigenvalue weighted by Crippen LogP contribution is 2.28. The molecule has 0 aliphatic heterocycles. The third kappa shape index (κ3) is 4.50. The lowest BCUT2D eigenvalue weighted by molar-refractivity contribution is 0.102. The maximum atomic E-state index is 13.7. The summed E-state index contributed by atoms with van der Waals surface area (Å²) >= 11 is 6.02. The highest BCUT2D eigenvalue weighted by Gasteiger charge is 2.20. The van der Waals surface area contributed by atoms with Gasteiger partial charge >= 0.3 is 0 Å². The molecule has 36 heavy (non-hydrogen) atoms. The summed E-state index contributed by atoms with van der Waals surface area (Å²) in [7, 11) is 0. The first-order valence-corrected chi connectivity index (χ1v) is 12.3. The van der Waals surface area contributed by atoms with Crippen LogP contribution in [0.2, 0.25) is 5.02 Å². The van der Waals surface area contributed by atoms with Crippen LogP contribution in [0, 0.1) is 20.8 Å². The molecule has 8 heteroatoms. The molecule has 0 spiro atoms. The highest BCUT2D eigenvalue weighted by molar-refractivity contribution is 6.30. The largest absolute Gasteiger partial charge is 0.319 e. The average molecular weight is 499 g/mol. The number of carbonyl (C=O) groups is 1. The van der Waals surface area contributed by atoms with Gasteiger partial charge in [0.1, 0.15) is 0 Å². The first-order valence-electron chi connectivity index (χ1n) is 11.9. The molecule has 0 aliphatic carbocycles. The van der Waals surface area contributed by atoms with E-state index in [9.17, 15) is 4.79 Å². The third-order valence-corrected chi connectivity index (χ3v) is 6.62. The van der Waals surface area contributed by atoms with E-state index < -0.39 is 0 Å². The summed E-state index contributed by atoms with van der Waals surface area (Å²) < 4.78 is 3.77. The second kappa shape index (κ2) is 9.59. The topological polar surface area (TPSA) is 77.6 Å². The number of benzene rings is 2. The minimum Gasteiger partial charge on any atom is -0.319 e. The molecule has 0 saturated carbocycles. The molecule has 0 fully saturated rings. The minimum absolute atomic E-state index is 0.201. The Hall–Kier alpha value is -3.97. The zero-order chi connectivity index (χ0) is 25.4. The second-order valence-electron chi connectivity index (χ2n) is 8.84. The van der Waals surface area contributed by atoms with Crippen LogP contribution in [0.5, 0.6) is 0 Å². The number of fused-ring (bicyclic) bond motifs is 1. The lowest BCUT2D eigenvalue weighted by Gasteiger charge is -2.11. The standard InChI is InChI=1S/C28H27ClN6O/c1-5-34-16-24(17(2)32-34)26-14-23(22-8-6-7-9-25(22)30-26)28(36)31-27-18(3)33-35(19(27)4)15-20-10-12-21(29)13-11-20/h6-14,16H,5,15H2,1-4H3,(H,31,36). The third-order valence-electron chi connectivity index (χ3n) is 6.37. The van der Waals surface area contributed by atoms with Gasteiger partial charge in [-0.05, 0) is 57.5 Å². The van der Waals surface area contributed by atoms with E-state index in [0.29, 0.717) is 22.8 Å². The van der Waals surface area contributed by atoms with Crippen LogP contribution in [-0.2, 0) is 13.1 Å². The van der Waals surface area contributed by atoms with Gasteiger partial charge in [-0.2, -0.15) is 10.2 Å². The number of nitrogens with one attached hydrogen (secondary N) is 1. The molecule has 2 aromatic carbocycles. The van der Waals surface area contributed by atoms with Gasteiger partial charge in [-0.3, -0.25) is 14.2 Å². The van der Waals surface area contributed by atoms with E-state index in [2.05, 4.69) is 15.5 Å². The van der Waals surface area contributed by atoms with Gasteiger partial charge in [0.05, 0.1) is 46.1 Å². The number of aromatic nitrogens is 5. The van der Waals surface area contributed by atoms with Crippen LogP contribution in [0.1, 0.15) is 39.9 Å². The van der Waals surface area contributed by atoms with Gasteiger partial charge < -0.3 is 5.32 Å². The molecule has 3 heterocycles. The van der Waals surface area contributed by atoms with Crippen molar-refractivity contribution in [2.24, 2.45) is 0 Å². The maximum Gasteiger partial charge on any atom is 0.256 e. The van der Waals surface area contributed by atoms with Crippen molar-refractivity contribution in [3.8, 4) is 11.3 Å². The summed E-state index contributed by atoms with van der Waals surface area (Å²) in [5.74, 6) is -0.201. The number of hydrogen-bond acceptors (Lipinski definition) is 4. The molecule has 0 saturated heterocycles. The summed E-state index contributed by atoms with van der Waals surface area (Å²) in [5.41, 5.74) is 7.27. The van der Waals surface area contributed by atoms with Crippen molar-refractivity contribution >= 4 is 34.1 Å². The van der Waals surface area contributed by atoms with Crippen molar-refractivity contribution in [2.45, 2.75) is 40.8 Å². The lowest BCUT2D eigenvalue weighted by Crippen LogP contribution is -2.14. The van der Waals surface area contributed by atoms with Gasteiger partial charge in [-0.15, -0.1) is 0 Å². The molecule has 1 amide bonds. The monoisotopic (exact) mass is 498 g/mol. The van der Waals surface area contributed by atoms with Gasteiger partial charge in [0.25, 0.3) is 5.91 Å². The first-order chi connectivity index (χ1) is 17.3. The van der Waals surface area contributed by atoms with E-state index >= 15 is 0 Å². The van der Waals surface area contributed by atoms with Crippen molar-refractivity contribution in [1.82, 2.24) is 24.5 Å². The smallest absolute Gasteiger partial charge is 0.256 e. The van der Waals surface area contributed by atoms with Crippen LogP contribution in [0.15, 0.2) is 60.8 Å². The van der Waals surface area contributed by atoms with Crippen molar-refractivity contribution in [3.05, 3.63) is 94.0 Å². The van der Waals surface area contributed by atoms with E-state index in [1.165, 1.54) is 0 Å². The number of halogens is 1. The SMILES string of the molecule is CCn1cc(-c2cc(C(=O)Nc3c(C)nn(Cc4ccc(Cl)cc4)c3C)c3ccccc3n2)c(C)n1. The fourth-order valence-corrected chi connectivity index (χ4v) is 4.53. The van der Waals surface area contributed by atoms with Crippen LogP contribution in [0.4, 0.5) is 5.69 Å². The number of nitrogens with zero attached hydrogens (tertiary/aromatic N) is 5. The van der Waals surface area contributed by atoms with E-state index in [-0.39, 0.29) is 5.91 Å². The number of anilines is 1. The fourth-order valence-electron chi connectivity index (χ4n) is 4.41. The van der Waals surface area contributed by atoms with Gasteiger partial charge in [0.2, 0.25) is 0 Å². The Morgan fingerprint density at radius 2 is 1.75 bits per heavy atom. The van der Waals surface area contributed by atoms with Gasteiger partial charge in [-0.25, -0.2) is 4.98 Å². The maximum absolute atomic E-state index is 13.7. The number of para-hydroxylation sites is 1. The molecule has 0 atom stereocenters. The number of hydrogen-bond donors (Lipinski definition) is 1. The molecule has 0 radical (unpaired) electrons. The zero-order valence-electron chi connectivity index (χ0n) is 20.7. The lowest BCUT2D eigenvalue weighted by atomic mass is 10.0. The van der Waals surface area contributed by atoms with E-state index in [1.54, 1.807) is 0 Å². The Morgan fingerprint density at radius 3 is 2.47 bits per heavy atom. The normalized spacial score (nSPS) is 11.2. The number of pyridine rings is 1. The Kier molecular flexibility index (Phi) is 6.33. The molecule has 0 unspecified atom stereocenters. The Bertz CT molecular complexity index is 1580. The van der Waals surface area contributed by atoms with E-state index in [1.807, 2.05) is 97.9 Å². The Morgan fingerprint density at radius 1 is 1.00 bits per heavy atom. The first kappa shape index (κ1) is 23.8. The van der Waals surface area contributed by atoms with Crippen molar-refractivity contribution < 1.29 is 4.79 Å². The Labute approximate surface area is 214 Å². The van der Waals surface area contributed by atoms with Crippen molar-refractivity contribution in [2.75, 3.05) is 5.32 Å². The number of amides is 1. The summed E-state index contributed by atoms with van der Waals surface area (Å²) in [4.78, 5) is 18.5. The van der Waals surface area contributed by atoms with Gasteiger partial charge in [-0.1, -0.05) is 41.9 Å². The number of carbonyl (C=O) groups excluding carboxylic acids is 1. The summed E-state index contributed by atoms with van der Waals surface area (Å²) in [5, 5.41) is 13.8. The predicted molar refractivity (Wildman–Crippen MR) is 144 cm³/mol. The summed E-state index contributed by atoms with van der Waals surface area (Å²) in [6, 6.07) is 17.2. The molecular formula is C28H27ClN6O. The summed E-state index contributed by atoms with van der Waals surface area (Å²) in [6.45, 7) is 9.22. The Balaban J connectivity index is 1.51. The van der Waals surface area contributed by atoms with Crippen LogP contribution in [0.25, 0.3) is 22.2 Å². The van der Waals surface area contributed by atoms with E-state index in [4.69, 9.17) is 16.6 Å². The molecule has 182 valence electrons. The molecular weight excluding hydrogens is 472 g/mol. The second-order valence-corrected chi connectivity index (χ2v) is 9.28. The molecule has 5 aromatic rings. The van der Waals surface area contributed by atoms with Crippen molar-refractivity contribution in [3.63, 3.8) is 0 Å². The molecule has 1 N–H and O–H groups in total. The number of aryl methyl sites for hydroxylation is 3.